The average molecular weight is 227 g/mol. The summed E-state index contributed by atoms with van der Waals surface area (Å²) in [6, 6.07) is 0.545. The van der Waals surface area contributed by atoms with Gasteiger partial charge in [0, 0.05) is 12.6 Å². The summed E-state index contributed by atoms with van der Waals surface area (Å²) in [6.45, 7) is 5.23. The summed E-state index contributed by atoms with van der Waals surface area (Å²) in [5, 5.41) is 11.9. The molecule has 1 fully saturated rings. The molecule has 1 aliphatic carbocycles. The van der Waals surface area contributed by atoms with Crippen molar-refractivity contribution in [2.75, 3.05) is 6.54 Å². The maximum absolute atomic E-state index is 10.4. The normalized spacial score (nSPS) is 26.7. The molecule has 94 valence electrons. The van der Waals surface area contributed by atoms with Crippen molar-refractivity contribution in [3.8, 4) is 0 Å². The van der Waals surface area contributed by atoms with Gasteiger partial charge in [0.25, 0.3) is 0 Å². The molecule has 1 rings (SSSR count). The molecule has 1 saturated carbocycles. The number of hydrogen-bond donors (Lipinski definition) is 2. The van der Waals surface area contributed by atoms with E-state index in [1.54, 1.807) is 0 Å². The molecule has 16 heavy (non-hydrogen) atoms. The van der Waals surface area contributed by atoms with Crippen LogP contribution in [0.15, 0.2) is 0 Å². The van der Waals surface area contributed by atoms with Crippen LogP contribution in [0.2, 0.25) is 0 Å². The lowest BCUT2D eigenvalue weighted by Crippen LogP contribution is -2.30. The van der Waals surface area contributed by atoms with Gasteiger partial charge in [0.2, 0.25) is 0 Å². The first-order chi connectivity index (χ1) is 7.59. The Balaban J connectivity index is 2.22. The predicted molar refractivity (Wildman–Crippen MR) is 65.5 cm³/mol. The Kier molecular flexibility index (Phi) is 5.81. The molecule has 0 radical (unpaired) electrons. The van der Waals surface area contributed by atoms with E-state index in [4.69, 9.17) is 5.11 Å². The second-order valence-electron chi connectivity index (χ2n) is 5.31. The minimum Gasteiger partial charge on any atom is -0.481 e. The number of carbonyl (C=O) groups is 1. The number of nitrogens with one attached hydrogen (secondary N) is 1. The zero-order chi connectivity index (χ0) is 12.0. The molecule has 0 spiro atoms. The Hall–Kier alpha value is -0.570. The van der Waals surface area contributed by atoms with E-state index < -0.39 is 5.97 Å². The highest BCUT2D eigenvalue weighted by molar-refractivity contribution is 5.66. The highest BCUT2D eigenvalue weighted by Gasteiger charge is 2.20. The predicted octanol–water partition coefficient (Wildman–Crippen LogP) is 2.66. The van der Waals surface area contributed by atoms with Gasteiger partial charge in [0.15, 0.2) is 0 Å². The summed E-state index contributed by atoms with van der Waals surface area (Å²) in [5.41, 5.74) is 0. The summed E-state index contributed by atoms with van der Waals surface area (Å²) in [4.78, 5) is 10.4. The van der Waals surface area contributed by atoms with Crippen LogP contribution in [0.5, 0.6) is 0 Å². The zero-order valence-electron chi connectivity index (χ0n) is 10.5. The van der Waals surface area contributed by atoms with Crippen LogP contribution in [-0.4, -0.2) is 23.7 Å². The lowest BCUT2D eigenvalue weighted by Gasteiger charge is -2.18. The van der Waals surface area contributed by atoms with Crippen molar-refractivity contribution in [3.05, 3.63) is 0 Å². The molecular weight excluding hydrogens is 202 g/mol. The number of carboxylic acid groups (broad SMARTS) is 1. The fourth-order valence-corrected chi connectivity index (χ4v) is 2.58. The van der Waals surface area contributed by atoms with Crippen LogP contribution < -0.4 is 5.32 Å². The van der Waals surface area contributed by atoms with E-state index in [9.17, 15) is 4.79 Å². The van der Waals surface area contributed by atoms with Gasteiger partial charge < -0.3 is 10.4 Å². The molecule has 0 aliphatic heterocycles. The SMILES string of the molecule is CC(C)C1CCCC(NCCC(=O)O)CC1. The van der Waals surface area contributed by atoms with Gasteiger partial charge in [-0.15, -0.1) is 0 Å². The van der Waals surface area contributed by atoms with Gasteiger partial charge in [-0.2, -0.15) is 0 Å². The molecule has 2 atom stereocenters. The van der Waals surface area contributed by atoms with Gasteiger partial charge in [-0.1, -0.05) is 26.7 Å². The van der Waals surface area contributed by atoms with Crippen molar-refractivity contribution in [1.82, 2.24) is 5.32 Å². The number of rotatable bonds is 5. The molecule has 2 N–H and O–H groups in total. The minimum absolute atomic E-state index is 0.240. The average Bonchev–Trinajstić information content (AvgIpc) is 2.42. The highest BCUT2D eigenvalue weighted by atomic mass is 16.4. The van der Waals surface area contributed by atoms with Crippen LogP contribution in [0.3, 0.4) is 0 Å². The first kappa shape index (κ1) is 13.5. The fourth-order valence-electron chi connectivity index (χ4n) is 2.58. The first-order valence-corrected chi connectivity index (χ1v) is 6.54. The van der Waals surface area contributed by atoms with Crippen LogP contribution in [-0.2, 0) is 4.79 Å². The smallest absolute Gasteiger partial charge is 0.304 e. The quantitative estimate of drug-likeness (QED) is 0.710. The van der Waals surface area contributed by atoms with E-state index >= 15 is 0 Å². The summed E-state index contributed by atoms with van der Waals surface area (Å²) in [7, 11) is 0. The Morgan fingerprint density at radius 1 is 1.31 bits per heavy atom. The third-order valence-corrected chi connectivity index (χ3v) is 3.73. The van der Waals surface area contributed by atoms with Gasteiger partial charge in [-0.25, -0.2) is 0 Å². The number of hydrogen-bond acceptors (Lipinski definition) is 2. The van der Waals surface area contributed by atoms with Crippen LogP contribution in [0, 0.1) is 11.8 Å². The van der Waals surface area contributed by atoms with Gasteiger partial charge in [0.1, 0.15) is 0 Å². The maximum Gasteiger partial charge on any atom is 0.304 e. The number of aliphatic carboxylic acids is 1. The van der Waals surface area contributed by atoms with Crippen molar-refractivity contribution >= 4 is 5.97 Å². The Labute approximate surface area is 98.6 Å². The molecule has 0 aromatic rings. The Bertz CT molecular complexity index is 216. The summed E-state index contributed by atoms with van der Waals surface area (Å²) >= 11 is 0. The van der Waals surface area contributed by atoms with E-state index in [0.717, 1.165) is 11.8 Å². The van der Waals surface area contributed by atoms with Crippen LogP contribution in [0.25, 0.3) is 0 Å². The Morgan fingerprint density at radius 2 is 2.06 bits per heavy atom. The van der Waals surface area contributed by atoms with Gasteiger partial charge >= 0.3 is 5.97 Å². The standard InChI is InChI=1S/C13H25NO2/c1-10(2)11-4-3-5-12(7-6-11)14-9-8-13(15)16/h10-12,14H,3-9H2,1-2H3,(H,15,16). The number of carboxylic acids is 1. The molecule has 0 aromatic heterocycles. The van der Waals surface area contributed by atoms with Crippen LogP contribution in [0.4, 0.5) is 0 Å². The van der Waals surface area contributed by atoms with Gasteiger partial charge in [-0.05, 0) is 31.1 Å². The van der Waals surface area contributed by atoms with Crippen molar-refractivity contribution in [1.29, 1.82) is 0 Å². The fraction of sp³-hybridized carbons (Fsp3) is 0.923. The van der Waals surface area contributed by atoms with E-state index in [1.807, 2.05) is 0 Å². The molecule has 0 bridgehead atoms. The van der Waals surface area contributed by atoms with E-state index in [1.165, 1.54) is 32.1 Å². The zero-order valence-corrected chi connectivity index (χ0v) is 10.5. The third kappa shape index (κ3) is 4.97. The van der Waals surface area contributed by atoms with Gasteiger partial charge in [0.05, 0.1) is 6.42 Å². The highest BCUT2D eigenvalue weighted by Crippen LogP contribution is 2.28. The minimum atomic E-state index is -0.707. The molecular formula is C13H25NO2. The van der Waals surface area contributed by atoms with E-state index in [-0.39, 0.29) is 6.42 Å². The van der Waals surface area contributed by atoms with Crippen molar-refractivity contribution < 1.29 is 9.90 Å². The summed E-state index contributed by atoms with van der Waals surface area (Å²) in [5.74, 6) is 0.949. The van der Waals surface area contributed by atoms with Crippen molar-refractivity contribution in [3.63, 3.8) is 0 Å². The summed E-state index contributed by atoms with van der Waals surface area (Å²) in [6.07, 6.45) is 6.58. The molecule has 0 saturated heterocycles. The van der Waals surface area contributed by atoms with Gasteiger partial charge in [-0.3, -0.25) is 4.79 Å². The van der Waals surface area contributed by atoms with Crippen LogP contribution >= 0.6 is 0 Å². The Morgan fingerprint density at radius 3 is 2.69 bits per heavy atom. The van der Waals surface area contributed by atoms with E-state index in [2.05, 4.69) is 19.2 Å². The second kappa shape index (κ2) is 6.89. The molecule has 1 aliphatic rings. The molecule has 2 unspecified atom stereocenters. The van der Waals surface area contributed by atoms with Crippen LogP contribution in [0.1, 0.15) is 52.4 Å². The van der Waals surface area contributed by atoms with E-state index in [0.29, 0.717) is 12.6 Å². The van der Waals surface area contributed by atoms with Crippen molar-refractivity contribution in [2.24, 2.45) is 11.8 Å². The summed E-state index contributed by atoms with van der Waals surface area (Å²) < 4.78 is 0. The molecule has 3 heteroatoms. The molecule has 3 nitrogen and oxygen atoms in total. The van der Waals surface area contributed by atoms with Crippen molar-refractivity contribution in [2.45, 2.75) is 58.4 Å². The first-order valence-electron chi connectivity index (χ1n) is 6.54. The lowest BCUT2D eigenvalue weighted by molar-refractivity contribution is -0.136. The molecule has 0 amide bonds. The topological polar surface area (TPSA) is 49.3 Å². The second-order valence-corrected chi connectivity index (χ2v) is 5.31. The largest absolute Gasteiger partial charge is 0.481 e. The third-order valence-electron chi connectivity index (χ3n) is 3.73. The molecule has 0 aromatic carbocycles. The maximum atomic E-state index is 10.4. The lowest BCUT2D eigenvalue weighted by atomic mass is 9.89. The molecule has 0 heterocycles. The monoisotopic (exact) mass is 227 g/mol.